The lowest BCUT2D eigenvalue weighted by molar-refractivity contribution is 0.670. The lowest BCUT2D eigenvalue weighted by atomic mass is 9.99. The van der Waals surface area contributed by atoms with Crippen molar-refractivity contribution < 1.29 is 4.42 Å². The molecular weight excluding hydrogens is 438 g/mol. The number of para-hydroxylation sites is 2. The second kappa shape index (κ2) is 8.44. The molecule has 0 fully saturated rings. The minimum atomic E-state index is 0.867. The van der Waals surface area contributed by atoms with Crippen molar-refractivity contribution in [2.45, 2.75) is 0 Å². The molecule has 0 unspecified atom stereocenters. The molecule has 0 atom stereocenters. The maximum absolute atomic E-state index is 6.39. The molecule has 0 saturated carbocycles. The van der Waals surface area contributed by atoms with E-state index in [1.54, 1.807) is 0 Å². The SMILES string of the molecule is c1ccc(-c2ccc3oc4c(Nc5ccccc5-c5ccc6ccccc6c5)cccc4c3c2)cc1. The van der Waals surface area contributed by atoms with Crippen molar-refractivity contribution in [2.75, 3.05) is 5.32 Å². The predicted octanol–water partition coefficient (Wildman–Crippen LogP) is 9.82. The Morgan fingerprint density at radius 1 is 0.444 bits per heavy atom. The van der Waals surface area contributed by atoms with Gasteiger partial charge in [0.15, 0.2) is 5.58 Å². The zero-order valence-electron chi connectivity index (χ0n) is 19.6. The van der Waals surface area contributed by atoms with Crippen molar-refractivity contribution in [2.24, 2.45) is 0 Å². The topological polar surface area (TPSA) is 25.2 Å². The van der Waals surface area contributed by atoms with Gasteiger partial charge in [0.1, 0.15) is 5.58 Å². The third kappa shape index (κ3) is 3.52. The van der Waals surface area contributed by atoms with Crippen LogP contribution in [0, 0.1) is 0 Å². The minimum Gasteiger partial charge on any atom is -0.454 e. The van der Waals surface area contributed by atoms with Gasteiger partial charge in [-0.1, -0.05) is 103 Å². The van der Waals surface area contributed by atoms with Gasteiger partial charge in [-0.15, -0.1) is 0 Å². The van der Waals surface area contributed by atoms with Gasteiger partial charge in [-0.2, -0.15) is 0 Å². The summed E-state index contributed by atoms with van der Waals surface area (Å²) >= 11 is 0. The average molecular weight is 462 g/mol. The summed E-state index contributed by atoms with van der Waals surface area (Å²) in [6, 6.07) is 46.7. The molecular formula is C34H23NO. The van der Waals surface area contributed by atoms with Crippen molar-refractivity contribution in [3.05, 3.63) is 133 Å². The Balaban J connectivity index is 1.32. The quantitative estimate of drug-likeness (QED) is 0.282. The van der Waals surface area contributed by atoms with Gasteiger partial charge in [0.2, 0.25) is 0 Å². The number of nitrogens with one attached hydrogen (secondary N) is 1. The van der Waals surface area contributed by atoms with Crippen LogP contribution in [0.2, 0.25) is 0 Å². The number of hydrogen-bond acceptors (Lipinski definition) is 2. The van der Waals surface area contributed by atoms with Gasteiger partial charge in [-0.05, 0) is 57.8 Å². The molecule has 0 bridgehead atoms. The lowest BCUT2D eigenvalue weighted by Gasteiger charge is -2.13. The summed E-state index contributed by atoms with van der Waals surface area (Å²) in [5.74, 6) is 0. The smallest absolute Gasteiger partial charge is 0.158 e. The number of anilines is 2. The summed E-state index contributed by atoms with van der Waals surface area (Å²) in [5.41, 5.74) is 8.48. The standard InChI is InChI=1S/C34H23NO/c1-2-9-23(10-3-1)26-19-20-33-30(22-26)29-14-8-16-32(34(29)36-33)35-31-15-7-6-13-28(31)27-18-17-24-11-4-5-12-25(24)21-27/h1-22,35H. The molecule has 0 aliphatic heterocycles. The van der Waals surface area contributed by atoms with Crippen LogP contribution in [-0.2, 0) is 0 Å². The Morgan fingerprint density at radius 2 is 1.19 bits per heavy atom. The first-order valence-electron chi connectivity index (χ1n) is 12.2. The van der Waals surface area contributed by atoms with Crippen LogP contribution in [0.3, 0.4) is 0 Å². The molecule has 0 amide bonds. The molecule has 1 aromatic heterocycles. The maximum atomic E-state index is 6.39. The molecule has 2 nitrogen and oxygen atoms in total. The molecule has 170 valence electrons. The van der Waals surface area contributed by atoms with Gasteiger partial charge in [0, 0.05) is 22.0 Å². The van der Waals surface area contributed by atoms with Crippen LogP contribution in [0.4, 0.5) is 11.4 Å². The summed E-state index contributed by atoms with van der Waals surface area (Å²) in [6.07, 6.45) is 0. The largest absolute Gasteiger partial charge is 0.454 e. The maximum Gasteiger partial charge on any atom is 0.158 e. The summed E-state index contributed by atoms with van der Waals surface area (Å²) in [4.78, 5) is 0. The van der Waals surface area contributed by atoms with Crippen molar-refractivity contribution in [3.63, 3.8) is 0 Å². The summed E-state index contributed by atoms with van der Waals surface area (Å²) < 4.78 is 6.39. The highest BCUT2D eigenvalue weighted by Gasteiger charge is 2.14. The molecule has 7 aromatic rings. The molecule has 36 heavy (non-hydrogen) atoms. The van der Waals surface area contributed by atoms with E-state index in [2.05, 4.69) is 133 Å². The monoisotopic (exact) mass is 461 g/mol. The Bertz CT molecular complexity index is 1860. The fourth-order valence-corrected chi connectivity index (χ4v) is 5.05. The Hall–Kier alpha value is -4.82. The molecule has 2 heteroatoms. The Labute approximate surface area is 209 Å². The Kier molecular flexibility index (Phi) is 4.82. The molecule has 0 spiro atoms. The molecule has 0 saturated heterocycles. The van der Waals surface area contributed by atoms with Crippen LogP contribution in [0.5, 0.6) is 0 Å². The summed E-state index contributed by atoms with van der Waals surface area (Å²) in [5, 5.41) is 8.38. The zero-order valence-corrected chi connectivity index (χ0v) is 19.6. The summed E-state index contributed by atoms with van der Waals surface area (Å²) in [6.45, 7) is 0. The number of rotatable bonds is 4. The van der Waals surface area contributed by atoms with Gasteiger partial charge >= 0.3 is 0 Å². The normalized spacial score (nSPS) is 11.3. The van der Waals surface area contributed by atoms with Gasteiger partial charge < -0.3 is 9.73 Å². The van der Waals surface area contributed by atoms with Crippen molar-refractivity contribution in [1.82, 2.24) is 0 Å². The molecule has 1 N–H and O–H groups in total. The predicted molar refractivity (Wildman–Crippen MR) is 152 cm³/mol. The number of benzene rings is 6. The van der Waals surface area contributed by atoms with Gasteiger partial charge in [0.05, 0.1) is 5.69 Å². The van der Waals surface area contributed by atoms with E-state index in [0.717, 1.165) is 38.9 Å². The van der Waals surface area contributed by atoms with E-state index in [1.165, 1.54) is 27.5 Å². The second-order valence-corrected chi connectivity index (χ2v) is 9.09. The van der Waals surface area contributed by atoms with Crippen molar-refractivity contribution in [1.29, 1.82) is 0 Å². The first-order chi connectivity index (χ1) is 17.8. The first-order valence-corrected chi connectivity index (χ1v) is 12.2. The van der Waals surface area contributed by atoms with Crippen LogP contribution in [0.15, 0.2) is 138 Å². The molecule has 7 rings (SSSR count). The molecule has 1 heterocycles. The van der Waals surface area contributed by atoms with Crippen LogP contribution >= 0.6 is 0 Å². The molecule has 0 radical (unpaired) electrons. The lowest BCUT2D eigenvalue weighted by Crippen LogP contribution is -1.93. The molecule has 0 aliphatic carbocycles. The summed E-state index contributed by atoms with van der Waals surface area (Å²) in [7, 11) is 0. The van der Waals surface area contributed by atoms with Crippen molar-refractivity contribution in [3.8, 4) is 22.3 Å². The van der Waals surface area contributed by atoms with E-state index >= 15 is 0 Å². The van der Waals surface area contributed by atoms with Gasteiger partial charge in [-0.3, -0.25) is 0 Å². The Morgan fingerprint density at radius 3 is 2.11 bits per heavy atom. The first kappa shape index (κ1) is 20.5. The average Bonchev–Trinajstić information content (AvgIpc) is 3.33. The highest BCUT2D eigenvalue weighted by Crippen LogP contribution is 2.38. The highest BCUT2D eigenvalue weighted by molar-refractivity contribution is 6.10. The minimum absolute atomic E-state index is 0.867. The number of hydrogen-bond donors (Lipinski definition) is 1. The van der Waals surface area contributed by atoms with Crippen molar-refractivity contribution >= 4 is 44.1 Å². The number of fused-ring (bicyclic) bond motifs is 4. The van der Waals surface area contributed by atoms with Gasteiger partial charge in [0.25, 0.3) is 0 Å². The van der Waals surface area contributed by atoms with E-state index in [1.807, 2.05) is 6.07 Å². The molecule has 6 aromatic carbocycles. The van der Waals surface area contributed by atoms with E-state index in [0.29, 0.717) is 0 Å². The fourth-order valence-electron chi connectivity index (χ4n) is 5.05. The number of furan rings is 1. The van der Waals surface area contributed by atoms with Gasteiger partial charge in [-0.25, -0.2) is 0 Å². The second-order valence-electron chi connectivity index (χ2n) is 9.09. The van der Waals surface area contributed by atoms with Crippen LogP contribution in [0.25, 0.3) is 55.0 Å². The van der Waals surface area contributed by atoms with E-state index in [4.69, 9.17) is 4.42 Å². The van der Waals surface area contributed by atoms with E-state index < -0.39 is 0 Å². The van der Waals surface area contributed by atoms with Crippen LogP contribution < -0.4 is 5.32 Å². The third-order valence-electron chi connectivity index (χ3n) is 6.86. The highest BCUT2D eigenvalue weighted by atomic mass is 16.3. The third-order valence-corrected chi connectivity index (χ3v) is 6.86. The zero-order chi connectivity index (χ0) is 23.9. The molecule has 0 aliphatic rings. The fraction of sp³-hybridized carbons (Fsp3) is 0. The van der Waals surface area contributed by atoms with E-state index in [9.17, 15) is 0 Å². The van der Waals surface area contributed by atoms with Crippen LogP contribution in [-0.4, -0.2) is 0 Å². The van der Waals surface area contributed by atoms with Crippen LogP contribution in [0.1, 0.15) is 0 Å². The van der Waals surface area contributed by atoms with E-state index in [-0.39, 0.29) is 0 Å².